The van der Waals surface area contributed by atoms with Crippen molar-refractivity contribution in [3.63, 3.8) is 0 Å². The van der Waals surface area contributed by atoms with Crippen LogP contribution in [0.5, 0.6) is 0 Å². The number of amides is 1. The molecule has 2 heterocycles. The Morgan fingerprint density at radius 2 is 2.21 bits per heavy atom. The van der Waals surface area contributed by atoms with Crippen LogP contribution in [0.15, 0.2) is 24.5 Å². The van der Waals surface area contributed by atoms with Gasteiger partial charge in [0.2, 0.25) is 0 Å². The predicted octanol–water partition coefficient (Wildman–Crippen LogP) is 0.907. The number of nitrogens with zero attached hydrogens (tertiary/aromatic N) is 3. The Morgan fingerprint density at radius 3 is 2.84 bits per heavy atom. The van der Waals surface area contributed by atoms with Crippen molar-refractivity contribution in [1.82, 2.24) is 20.1 Å². The van der Waals surface area contributed by atoms with Crippen molar-refractivity contribution in [3.05, 3.63) is 41.3 Å². The minimum atomic E-state index is -0.152. The number of aryl methyl sites for hydroxylation is 2. The summed E-state index contributed by atoms with van der Waals surface area (Å²) in [6, 6.07) is 3.28. The van der Waals surface area contributed by atoms with E-state index in [1.165, 1.54) is 0 Å². The van der Waals surface area contributed by atoms with Crippen molar-refractivity contribution < 1.29 is 4.79 Å². The average molecular weight is 259 g/mol. The molecule has 1 amide bonds. The molecule has 0 fully saturated rings. The molecule has 2 aromatic rings. The SMILES string of the molecule is Cc1cnn(CCNC(=O)c2cc(C)nc(N)c2)c1. The lowest BCUT2D eigenvalue weighted by Crippen LogP contribution is -2.27. The van der Waals surface area contributed by atoms with Crippen LogP contribution in [0, 0.1) is 13.8 Å². The van der Waals surface area contributed by atoms with Gasteiger partial charge in [0, 0.05) is 24.0 Å². The van der Waals surface area contributed by atoms with Crippen molar-refractivity contribution in [1.29, 1.82) is 0 Å². The van der Waals surface area contributed by atoms with Gasteiger partial charge in [-0.15, -0.1) is 0 Å². The van der Waals surface area contributed by atoms with Gasteiger partial charge < -0.3 is 11.1 Å². The van der Waals surface area contributed by atoms with Gasteiger partial charge in [0.15, 0.2) is 0 Å². The van der Waals surface area contributed by atoms with Gasteiger partial charge in [0.05, 0.1) is 12.7 Å². The number of aromatic nitrogens is 3. The molecular weight excluding hydrogens is 242 g/mol. The smallest absolute Gasteiger partial charge is 0.251 e. The van der Waals surface area contributed by atoms with Gasteiger partial charge in [-0.3, -0.25) is 9.48 Å². The molecule has 0 saturated heterocycles. The lowest BCUT2D eigenvalue weighted by Gasteiger charge is -2.06. The summed E-state index contributed by atoms with van der Waals surface area (Å²) in [4.78, 5) is 16.0. The highest BCUT2D eigenvalue weighted by Gasteiger charge is 2.07. The molecule has 19 heavy (non-hydrogen) atoms. The molecule has 3 N–H and O–H groups in total. The largest absolute Gasteiger partial charge is 0.384 e. The van der Waals surface area contributed by atoms with Crippen LogP contribution in [0.1, 0.15) is 21.6 Å². The van der Waals surface area contributed by atoms with Crippen LogP contribution in [0.2, 0.25) is 0 Å². The van der Waals surface area contributed by atoms with E-state index in [1.54, 1.807) is 29.9 Å². The average Bonchev–Trinajstić information content (AvgIpc) is 2.73. The molecule has 0 aromatic carbocycles. The molecule has 0 aliphatic carbocycles. The lowest BCUT2D eigenvalue weighted by molar-refractivity contribution is 0.0952. The maximum atomic E-state index is 11.9. The molecule has 2 aromatic heterocycles. The molecule has 6 heteroatoms. The summed E-state index contributed by atoms with van der Waals surface area (Å²) in [5.41, 5.74) is 7.97. The van der Waals surface area contributed by atoms with Gasteiger partial charge >= 0.3 is 0 Å². The zero-order valence-electron chi connectivity index (χ0n) is 11.1. The summed E-state index contributed by atoms with van der Waals surface area (Å²) < 4.78 is 1.79. The maximum Gasteiger partial charge on any atom is 0.251 e. The number of hydrogen-bond acceptors (Lipinski definition) is 4. The van der Waals surface area contributed by atoms with Crippen molar-refractivity contribution in [2.24, 2.45) is 0 Å². The number of anilines is 1. The van der Waals surface area contributed by atoms with Crippen LogP contribution in [-0.2, 0) is 6.54 Å². The van der Waals surface area contributed by atoms with Gasteiger partial charge in [-0.05, 0) is 31.5 Å². The number of carbonyl (C=O) groups is 1. The fourth-order valence-corrected chi connectivity index (χ4v) is 1.80. The third-order valence-corrected chi connectivity index (χ3v) is 2.62. The highest BCUT2D eigenvalue weighted by molar-refractivity contribution is 5.94. The second-order valence-electron chi connectivity index (χ2n) is 4.46. The number of hydrogen-bond donors (Lipinski definition) is 2. The minimum absolute atomic E-state index is 0.152. The molecule has 2 rings (SSSR count). The van der Waals surface area contributed by atoms with Crippen molar-refractivity contribution in [2.75, 3.05) is 12.3 Å². The predicted molar refractivity (Wildman–Crippen MR) is 72.7 cm³/mol. The van der Waals surface area contributed by atoms with Crippen molar-refractivity contribution in [3.8, 4) is 0 Å². The molecule has 0 aliphatic heterocycles. The van der Waals surface area contributed by atoms with E-state index in [0.29, 0.717) is 24.5 Å². The van der Waals surface area contributed by atoms with Crippen molar-refractivity contribution >= 4 is 11.7 Å². The standard InChI is InChI=1S/C13H17N5O/c1-9-7-16-18(8-9)4-3-15-13(19)11-5-10(2)17-12(14)6-11/h5-8H,3-4H2,1-2H3,(H2,14,17)(H,15,19). The van der Waals surface area contributed by atoms with E-state index in [0.717, 1.165) is 11.3 Å². The molecule has 0 saturated carbocycles. The highest BCUT2D eigenvalue weighted by atomic mass is 16.1. The second-order valence-corrected chi connectivity index (χ2v) is 4.46. The molecule has 0 bridgehead atoms. The van der Waals surface area contributed by atoms with Crippen LogP contribution in [0.25, 0.3) is 0 Å². The zero-order valence-corrected chi connectivity index (χ0v) is 11.1. The van der Waals surface area contributed by atoms with Gasteiger partial charge in [0.25, 0.3) is 5.91 Å². The Bertz CT molecular complexity index is 570. The third kappa shape index (κ3) is 3.54. The van der Waals surface area contributed by atoms with Crippen LogP contribution in [0.4, 0.5) is 5.82 Å². The monoisotopic (exact) mass is 259 g/mol. The Morgan fingerprint density at radius 1 is 1.42 bits per heavy atom. The number of nitrogen functional groups attached to an aromatic ring is 1. The maximum absolute atomic E-state index is 11.9. The number of nitrogens with two attached hydrogens (primary N) is 1. The van der Waals surface area contributed by atoms with E-state index < -0.39 is 0 Å². The summed E-state index contributed by atoms with van der Waals surface area (Å²) in [6.45, 7) is 4.94. The van der Waals surface area contributed by atoms with Crippen LogP contribution in [-0.4, -0.2) is 27.2 Å². The lowest BCUT2D eigenvalue weighted by atomic mass is 10.2. The first kappa shape index (κ1) is 13.1. The first-order chi connectivity index (χ1) is 9.04. The van der Waals surface area contributed by atoms with Crippen molar-refractivity contribution in [2.45, 2.75) is 20.4 Å². The van der Waals surface area contributed by atoms with E-state index in [1.807, 2.05) is 13.1 Å². The Hall–Kier alpha value is -2.37. The molecular formula is C13H17N5O. The highest BCUT2D eigenvalue weighted by Crippen LogP contribution is 2.06. The summed E-state index contributed by atoms with van der Waals surface area (Å²) in [7, 11) is 0. The second kappa shape index (κ2) is 5.51. The quantitative estimate of drug-likeness (QED) is 0.854. The molecule has 0 atom stereocenters. The first-order valence-electron chi connectivity index (χ1n) is 6.06. The number of carbonyl (C=O) groups excluding carboxylic acids is 1. The van der Waals surface area contributed by atoms with E-state index in [-0.39, 0.29) is 5.91 Å². The van der Waals surface area contributed by atoms with Gasteiger partial charge in [0.1, 0.15) is 5.82 Å². The van der Waals surface area contributed by atoms with E-state index in [2.05, 4.69) is 15.4 Å². The molecule has 0 spiro atoms. The number of rotatable bonds is 4. The number of nitrogens with one attached hydrogen (secondary N) is 1. The summed E-state index contributed by atoms with van der Waals surface area (Å²) in [6.07, 6.45) is 3.72. The van der Waals surface area contributed by atoms with E-state index in [9.17, 15) is 4.79 Å². The third-order valence-electron chi connectivity index (χ3n) is 2.62. The molecule has 100 valence electrons. The molecule has 0 radical (unpaired) electrons. The Kier molecular flexibility index (Phi) is 3.79. The summed E-state index contributed by atoms with van der Waals surface area (Å²) >= 11 is 0. The van der Waals surface area contributed by atoms with E-state index >= 15 is 0 Å². The number of pyridine rings is 1. The Balaban J connectivity index is 1.90. The Labute approximate surface area is 111 Å². The fourth-order valence-electron chi connectivity index (χ4n) is 1.80. The van der Waals surface area contributed by atoms with E-state index in [4.69, 9.17) is 5.73 Å². The van der Waals surface area contributed by atoms with Gasteiger partial charge in [-0.25, -0.2) is 4.98 Å². The molecule has 0 unspecified atom stereocenters. The molecule has 6 nitrogen and oxygen atoms in total. The van der Waals surface area contributed by atoms with Crippen LogP contribution >= 0.6 is 0 Å². The summed E-state index contributed by atoms with van der Waals surface area (Å²) in [5, 5.41) is 6.98. The van der Waals surface area contributed by atoms with Crippen LogP contribution in [0.3, 0.4) is 0 Å². The topological polar surface area (TPSA) is 85.8 Å². The fraction of sp³-hybridized carbons (Fsp3) is 0.308. The van der Waals surface area contributed by atoms with Crippen LogP contribution < -0.4 is 11.1 Å². The first-order valence-corrected chi connectivity index (χ1v) is 6.06. The normalized spacial score (nSPS) is 10.4. The van der Waals surface area contributed by atoms with Gasteiger partial charge in [-0.2, -0.15) is 5.10 Å². The minimum Gasteiger partial charge on any atom is -0.384 e. The summed E-state index contributed by atoms with van der Waals surface area (Å²) in [5.74, 6) is 0.203. The molecule has 0 aliphatic rings. The van der Waals surface area contributed by atoms with Gasteiger partial charge in [-0.1, -0.05) is 0 Å². The zero-order chi connectivity index (χ0) is 13.8.